The summed E-state index contributed by atoms with van der Waals surface area (Å²) >= 11 is 0. The number of hydrogen-bond donors (Lipinski definition) is 0. The maximum atomic E-state index is 12.2. The Morgan fingerprint density at radius 1 is 1.17 bits per heavy atom. The van der Waals surface area contributed by atoms with Crippen LogP contribution >= 0.6 is 0 Å². The first-order valence-electron chi connectivity index (χ1n) is 9.92. The number of fused-ring (bicyclic) bond motifs is 5. The summed E-state index contributed by atoms with van der Waals surface area (Å²) in [5.41, 5.74) is 2.30. The van der Waals surface area contributed by atoms with E-state index in [9.17, 15) is 4.79 Å². The molecule has 0 spiro atoms. The Morgan fingerprint density at radius 2 is 1.96 bits per heavy atom. The molecule has 7 atom stereocenters. The Morgan fingerprint density at radius 3 is 2.67 bits per heavy atom. The Labute approximate surface area is 150 Å². The van der Waals surface area contributed by atoms with Gasteiger partial charge in [-0.1, -0.05) is 25.5 Å². The van der Waals surface area contributed by atoms with Gasteiger partial charge in [-0.25, -0.2) is 0 Å². The molecule has 24 heavy (non-hydrogen) atoms. The predicted molar refractivity (Wildman–Crippen MR) is 96.5 cm³/mol. The minimum atomic E-state index is 0.268. The molecule has 131 valence electrons. The summed E-state index contributed by atoms with van der Waals surface area (Å²) in [6.07, 6.45) is 12.6. The second-order valence-corrected chi connectivity index (χ2v) is 9.76. The monoisotopic (exact) mass is 343 g/mol. The third kappa shape index (κ3) is 2.26. The van der Waals surface area contributed by atoms with Crippen LogP contribution in [0.2, 0.25) is 0 Å². The topological polar surface area (TPSA) is 26.3 Å². The summed E-state index contributed by atoms with van der Waals surface area (Å²) in [6.45, 7) is 6.79. The Bertz CT molecular complexity index is 570. The van der Waals surface area contributed by atoms with Crippen LogP contribution < -0.4 is 0 Å². The summed E-state index contributed by atoms with van der Waals surface area (Å²) in [6, 6.07) is 0. The van der Waals surface area contributed by atoms with E-state index in [4.69, 9.17) is 4.43 Å². The fourth-order valence-electron chi connectivity index (χ4n) is 7.40. The van der Waals surface area contributed by atoms with E-state index in [-0.39, 0.29) is 5.41 Å². The standard InChI is InChI=1S/C21H31O2Si/c1-13(22)17-6-7-18-16-5-4-14-12-15(23-24)8-10-20(14,2)19(16)9-11-21(17,18)3/h4,15-19H,5-12H2,1-3H3/t15-,16-,17+,18-,19-,20-,21+/m0/s1. The lowest BCUT2D eigenvalue weighted by Crippen LogP contribution is -2.51. The normalized spacial score (nSPS) is 50.5. The minimum Gasteiger partial charge on any atom is -0.415 e. The van der Waals surface area contributed by atoms with Crippen molar-refractivity contribution in [3.63, 3.8) is 0 Å². The van der Waals surface area contributed by atoms with Gasteiger partial charge in [0.25, 0.3) is 0 Å². The smallest absolute Gasteiger partial charge is 0.246 e. The zero-order chi connectivity index (χ0) is 17.1. The predicted octanol–water partition coefficient (Wildman–Crippen LogP) is 4.62. The van der Waals surface area contributed by atoms with Crippen molar-refractivity contribution in [3.05, 3.63) is 11.6 Å². The zero-order valence-corrected chi connectivity index (χ0v) is 16.4. The molecule has 4 rings (SSSR count). The van der Waals surface area contributed by atoms with E-state index in [1.807, 2.05) is 6.92 Å². The fraction of sp³-hybridized carbons (Fsp3) is 0.857. The van der Waals surface area contributed by atoms with Gasteiger partial charge in [0.15, 0.2) is 0 Å². The van der Waals surface area contributed by atoms with Crippen molar-refractivity contribution in [3.8, 4) is 0 Å². The number of ketones is 1. The molecule has 0 bridgehead atoms. The molecule has 0 heterocycles. The summed E-state index contributed by atoms with van der Waals surface area (Å²) in [5, 5.41) is 0. The SMILES string of the molecule is CC(=O)[C@H]1CC[C@H]2[C@@H]3CC=C4C[C@@H](O[Si])CC[C@]4(C)[C@H]3CC[C@]12C. The van der Waals surface area contributed by atoms with Gasteiger partial charge in [-0.2, -0.15) is 0 Å². The van der Waals surface area contributed by atoms with Crippen LogP contribution in [-0.2, 0) is 9.22 Å². The van der Waals surface area contributed by atoms with Crippen molar-refractivity contribution >= 4 is 16.3 Å². The van der Waals surface area contributed by atoms with E-state index in [1.165, 1.54) is 38.5 Å². The van der Waals surface area contributed by atoms with E-state index in [2.05, 4.69) is 30.4 Å². The molecule has 0 N–H and O–H groups in total. The minimum absolute atomic E-state index is 0.268. The van der Waals surface area contributed by atoms with E-state index >= 15 is 0 Å². The molecule has 0 aromatic heterocycles. The molecule has 4 aliphatic carbocycles. The van der Waals surface area contributed by atoms with Crippen LogP contribution in [0.25, 0.3) is 0 Å². The third-order valence-electron chi connectivity index (χ3n) is 8.72. The van der Waals surface area contributed by atoms with Gasteiger partial charge in [0.05, 0.1) is 0 Å². The number of hydrogen-bond acceptors (Lipinski definition) is 2. The second kappa shape index (κ2) is 5.80. The molecule has 3 fully saturated rings. The first-order chi connectivity index (χ1) is 11.4. The maximum absolute atomic E-state index is 12.2. The molecule has 4 aliphatic rings. The van der Waals surface area contributed by atoms with Gasteiger partial charge in [-0.3, -0.25) is 4.79 Å². The van der Waals surface area contributed by atoms with Crippen LogP contribution in [0.15, 0.2) is 11.6 Å². The highest BCUT2D eigenvalue weighted by Gasteiger charge is 2.59. The van der Waals surface area contributed by atoms with Crippen molar-refractivity contribution in [2.45, 2.75) is 78.2 Å². The van der Waals surface area contributed by atoms with Gasteiger partial charge in [-0.05, 0) is 86.9 Å². The van der Waals surface area contributed by atoms with Crippen LogP contribution in [0.4, 0.5) is 0 Å². The van der Waals surface area contributed by atoms with Crippen molar-refractivity contribution < 1.29 is 9.22 Å². The lowest BCUT2D eigenvalue weighted by atomic mass is 9.47. The van der Waals surface area contributed by atoms with E-state index in [1.54, 1.807) is 5.57 Å². The van der Waals surface area contributed by atoms with Crippen molar-refractivity contribution in [1.29, 1.82) is 0 Å². The zero-order valence-electron chi connectivity index (χ0n) is 15.4. The first-order valence-corrected chi connectivity index (χ1v) is 10.3. The maximum Gasteiger partial charge on any atom is 0.246 e. The van der Waals surface area contributed by atoms with Crippen LogP contribution in [0.5, 0.6) is 0 Å². The van der Waals surface area contributed by atoms with E-state index < -0.39 is 0 Å². The summed E-state index contributed by atoms with van der Waals surface area (Å²) in [4.78, 5) is 12.2. The van der Waals surface area contributed by atoms with Crippen LogP contribution in [0, 0.1) is 34.5 Å². The number of carbonyl (C=O) groups excluding carboxylic acids is 1. The second-order valence-electron chi connectivity index (χ2n) is 9.53. The van der Waals surface area contributed by atoms with Crippen molar-refractivity contribution in [2.24, 2.45) is 34.5 Å². The highest BCUT2D eigenvalue weighted by molar-refractivity contribution is 5.98. The van der Waals surface area contributed by atoms with Crippen molar-refractivity contribution in [2.75, 3.05) is 0 Å². The molecule has 0 aromatic rings. The molecule has 0 saturated heterocycles. The fourth-order valence-corrected chi connectivity index (χ4v) is 7.60. The number of rotatable bonds is 2. The van der Waals surface area contributed by atoms with Gasteiger partial charge >= 0.3 is 0 Å². The Kier molecular flexibility index (Phi) is 4.12. The summed E-state index contributed by atoms with van der Waals surface area (Å²) < 4.78 is 5.47. The van der Waals surface area contributed by atoms with Gasteiger partial charge in [0, 0.05) is 12.0 Å². The summed E-state index contributed by atoms with van der Waals surface area (Å²) in [5.74, 6) is 3.12. The number of allylic oxidation sites excluding steroid dienone is 1. The molecule has 0 amide bonds. The highest BCUT2D eigenvalue weighted by Crippen LogP contribution is 2.66. The molecule has 3 radical (unpaired) electrons. The van der Waals surface area contributed by atoms with Crippen molar-refractivity contribution in [1.82, 2.24) is 0 Å². The van der Waals surface area contributed by atoms with Crippen LogP contribution in [0.3, 0.4) is 0 Å². The Balaban J connectivity index is 1.63. The van der Waals surface area contributed by atoms with Gasteiger partial charge in [0.2, 0.25) is 10.5 Å². The van der Waals surface area contributed by atoms with E-state index in [0.717, 1.165) is 30.6 Å². The number of Topliss-reactive ketones (excluding diaryl/α,β-unsaturated/α-hetero) is 1. The van der Waals surface area contributed by atoms with Crippen LogP contribution in [0.1, 0.15) is 72.1 Å². The molecular weight excluding hydrogens is 312 g/mol. The largest absolute Gasteiger partial charge is 0.415 e. The van der Waals surface area contributed by atoms with Crippen LogP contribution in [-0.4, -0.2) is 22.4 Å². The lowest BCUT2D eigenvalue weighted by molar-refractivity contribution is -0.127. The lowest BCUT2D eigenvalue weighted by Gasteiger charge is -2.58. The molecule has 3 heteroatoms. The molecule has 0 aliphatic heterocycles. The Hall–Kier alpha value is -0.413. The highest BCUT2D eigenvalue weighted by atomic mass is 28.2. The van der Waals surface area contributed by atoms with Gasteiger partial charge in [0.1, 0.15) is 5.78 Å². The number of carbonyl (C=O) groups is 1. The quantitative estimate of drug-likeness (QED) is 0.540. The summed E-state index contributed by atoms with van der Waals surface area (Å²) in [7, 11) is 3.27. The van der Waals surface area contributed by atoms with E-state index in [0.29, 0.717) is 23.2 Å². The molecule has 3 saturated carbocycles. The molecule has 0 aromatic carbocycles. The average Bonchev–Trinajstić information content (AvgIpc) is 2.91. The van der Waals surface area contributed by atoms with Gasteiger partial charge < -0.3 is 4.43 Å². The molecular formula is C21H31O2Si. The molecule has 0 unspecified atom stereocenters. The first kappa shape index (κ1) is 17.0. The third-order valence-corrected chi connectivity index (χ3v) is 9.05. The van der Waals surface area contributed by atoms with Gasteiger partial charge in [-0.15, -0.1) is 0 Å². The average molecular weight is 344 g/mol. The molecule has 2 nitrogen and oxygen atoms in total.